The van der Waals surface area contributed by atoms with Crippen LogP contribution in [0, 0.1) is 0 Å². The van der Waals surface area contributed by atoms with Crippen molar-refractivity contribution in [3.05, 3.63) is 18.2 Å². The molecule has 6 nitrogen and oxygen atoms in total. The lowest BCUT2D eigenvalue weighted by atomic mass is 10.0. The zero-order valence-corrected chi connectivity index (χ0v) is 13.8. The SMILES string of the molecule is CC1(C)CN(CC(=O)NCC2CCCO2)c2ccc(N)cc2O1. The van der Waals surface area contributed by atoms with E-state index in [9.17, 15) is 4.79 Å². The second kappa shape index (κ2) is 6.28. The molecule has 0 bridgehead atoms. The van der Waals surface area contributed by atoms with Gasteiger partial charge in [-0.1, -0.05) is 0 Å². The van der Waals surface area contributed by atoms with Crippen molar-refractivity contribution in [3.63, 3.8) is 0 Å². The highest BCUT2D eigenvalue weighted by molar-refractivity contribution is 5.82. The lowest BCUT2D eigenvalue weighted by molar-refractivity contribution is -0.120. The average Bonchev–Trinajstić information content (AvgIpc) is 2.96. The molecule has 1 atom stereocenters. The monoisotopic (exact) mass is 319 g/mol. The molecule has 3 rings (SSSR count). The number of carbonyl (C=O) groups excluding carboxylic acids is 1. The Bertz CT molecular complexity index is 582. The number of nitrogens with zero attached hydrogens (tertiary/aromatic N) is 1. The number of carbonyl (C=O) groups is 1. The van der Waals surface area contributed by atoms with Gasteiger partial charge < -0.3 is 25.4 Å². The third-order valence-electron chi connectivity index (χ3n) is 4.17. The number of nitrogens with two attached hydrogens (primary N) is 1. The minimum Gasteiger partial charge on any atom is -0.484 e. The molecule has 1 aromatic carbocycles. The van der Waals surface area contributed by atoms with Crippen LogP contribution in [0.4, 0.5) is 11.4 Å². The maximum atomic E-state index is 12.3. The van der Waals surface area contributed by atoms with Gasteiger partial charge in [0.2, 0.25) is 5.91 Å². The fourth-order valence-electron chi connectivity index (χ4n) is 3.15. The Labute approximate surface area is 136 Å². The Morgan fingerprint density at radius 1 is 1.48 bits per heavy atom. The number of benzene rings is 1. The summed E-state index contributed by atoms with van der Waals surface area (Å²) in [4.78, 5) is 14.3. The number of amides is 1. The molecule has 1 fully saturated rings. The number of hydrogen-bond donors (Lipinski definition) is 2. The Morgan fingerprint density at radius 2 is 2.30 bits per heavy atom. The quantitative estimate of drug-likeness (QED) is 0.823. The first kappa shape index (κ1) is 15.9. The molecule has 2 aliphatic heterocycles. The predicted octanol–water partition coefficient (Wildman–Crippen LogP) is 1.54. The fraction of sp³-hybridized carbons (Fsp3) is 0.588. The largest absolute Gasteiger partial charge is 0.484 e. The van der Waals surface area contributed by atoms with Crippen LogP contribution in [0.15, 0.2) is 18.2 Å². The van der Waals surface area contributed by atoms with Gasteiger partial charge in [0.25, 0.3) is 0 Å². The van der Waals surface area contributed by atoms with E-state index in [1.54, 1.807) is 0 Å². The van der Waals surface area contributed by atoms with Gasteiger partial charge in [-0.05, 0) is 38.8 Å². The van der Waals surface area contributed by atoms with E-state index in [1.165, 1.54) is 0 Å². The summed E-state index contributed by atoms with van der Waals surface area (Å²) >= 11 is 0. The summed E-state index contributed by atoms with van der Waals surface area (Å²) in [6.45, 7) is 6.36. The van der Waals surface area contributed by atoms with Crippen LogP contribution in [0.5, 0.6) is 5.75 Å². The van der Waals surface area contributed by atoms with E-state index in [1.807, 2.05) is 36.9 Å². The zero-order chi connectivity index (χ0) is 16.4. The van der Waals surface area contributed by atoms with E-state index in [2.05, 4.69) is 5.32 Å². The highest BCUT2D eigenvalue weighted by Crippen LogP contribution is 2.38. The Hall–Kier alpha value is -1.95. The van der Waals surface area contributed by atoms with Gasteiger partial charge in [0.1, 0.15) is 11.4 Å². The highest BCUT2D eigenvalue weighted by atomic mass is 16.5. The normalized spacial score (nSPS) is 22.3. The summed E-state index contributed by atoms with van der Waals surface area (Å²) in [6.07, 6.45) is 2.26. The van der Waals surface area contributed by atoms with Gasteiger partial charge in [-0.2, -0.15) is 0 Å². The summed E-state index contributed by atoms with van der Waals surface area (Å²) in [6, 6.07) is 5.55. The number of anilines is 2. The summed E-state index contributed by atoms with van der Waals surface area (Å²) in [5.41, 5.74) is 7.04. The minimum atomic E-state index is -0.365. The number of ether oxygens (including phenoxy) is 2. The van der Waals surface area contributed by atoms with Gasteiger partial charge in [0, 0.05) is 24.9 Å². The number of nitrogen functional groups attached to an aromatic ring is 1. The maximum Gasteiger partial charge on any atom is 0.239 e. The molecule has 126 valence electrons. The maximum absolute atomic E-state index is 12.3. The van der Waals surface area contributed by atoms with Gasteiger partial charge in [-0.3, -0.25) is 4.79 Å². The molecule has 1 amide bonds. The van der Waals surface area contributed by atoms with Crippen LogP contribution in [-0.4, -0.2) is 43.9 Å². The molecule has 6 heteroatoms. The molecule has 1 aromatic rings. The molecule has 0 radical (unpaired) electrons. The van der Waals surface area contributed by atoms with Crippen LogP contribution in [0.3, 0.4) is 0 Å². The van der Waals surface area contributed by atoms with Gasteiger partial charge in [0.15, 0.2) is 0 Å². The standard InChI is InChI=1S/C17H25N3O3/c1-17(2)11-20(14-6-5-12(18)8-15(14)23-17)10-16(21)19-9-13-4-3-7-22-13/h5-6,8,13H,3-4,7,9-11,18H2,1-2H3,(H,19,21). The zero-order valence-electron chi connectivity index (χ0n) is 13.8. The molecule has 3 N–H and O–H groups in total. The van der Waals surface area contributed by atoms with Gasteiger partial charge >= 0.3 is 0 Å². The molecular weight excluding hydrogens is 294 g/mol. The van der Waals surface area contributed by atoms with Crippen molar-refractivity contribution in [2.45, 2.75) is 38.4 Å². The van der Waals surface area contributed by atoms with E-state index in [4.69, 9.17) is 15.2 Å². The van der Waals surface area contributed by atoms with Crippen LogP contribution in [0.1, 0.15) is 26.7 Å². The molecule has 2 aliphatic rings. The van der Waals surface area contributed by atoms with Crippen LogP contribution < -0.4 is 20.7 Å². The van der Waals surface area contributed by atoms with E-state index in [0.717, 1.165) is 30.9 Å². The van der Waals surface area contributed by atoms with Crippen molar-refractivity contribution >= 4 is 17.3 Å². The molecular formula is C17H25N3O3. The third-order valence-corrected chi connectivity index (χ3v) is 4.17. The molecule has 0 aromatic heterocycles. The van der Waals surface area contributed by atoms with Crippen LogP contribution in [-0.2, 0) is 9.53 Å². The molecule has 0 aliphatic carbocycles. The first-order valence-corrected chi connectivity index (χ1v) is 8.15. The molecule has 0 saturated carbocycles. The second-order valence-corrected chi connectivity index (χ2v) is 6.88. The van der Waals surface area contributed by atoms with Crippen LogP contribution in [0.25, 0.3) is 0 Å². The second-order valence-electron chi connectivity index (χ2n) is 6.88. The molecule has 1 unspecified atom stereocenters. The van der Waals surface area contributed by atoms with E-state index >= 15 is 0 Å². The number of nitrogens with one attached hydrogen (secondary N) is 1. The molecule has 23 heavy (non-hydrogen) atoms. The van der Waals surface area contributed by atoms with Gasteiger partial charge in [-0.15, -0.1) is 0 Å². The van der Waals surface area contributed by atoms with Gasteiger partial charge in [-0.25, -0.2) is 0 Å². The highest BCUT2D eigenvalue weighted by Gasteiger charge is 2.32. The van der Waals surface area contributed by atoms with Crippen molar-refractivity contribution in [1.82, 2.24) is 5.32 Å². The van der Waals surface area contributed by atoms with Crippen LogP contribution >= 0.6 is 0 Å². The van der Waals surface area contributed by atoms with E-state index < -0.39 is 0 Å². The lowest BCUT2D eigenvalue weighted by Gasteiger charge is -2.40. The Balaban J connectivity index is 1.65. The average molecular weight is 319 g/mol. The summed E-state index contributed by atoms with van der Waals surface area (Å²) in [7, 11) is 0. The third kappa shape index (κ3) is 3.88. The van der Waals surface area contributed by atoms with E-state index in [0.29, 0.717) is 25.3 Å². The minimum absolute atomic E-state index is 0.000903. The van der Waals surface area contributed by atoms with Crippen molar-refractivity contribution in [2.24, 2.45) is 0 Å². The Morgan fingerprint density at radius 3 is 3.04 bits per heavy atom. The Kier molecular flexibility index (Phi) is 4.35. The van der Waals surface area contributed by atoms with Crippen LogP contribution in [0.2, 0.25) is 0 Å². The summed E-state index contributed by atoms with van der Waals surface area (Å²) in [5, 5.41) is 2.97. The topological polar surface area (TPSA) is 76.8 Å². The molecule has 2 heterocycles. The number of fused-ring (bicyclic) bond motifs is 1. The predicted molar refractivity (Wildman–Crippen MR) is 89.8 cm³/mol. The number of rotatable bonds is 4. The summed E-state index contributed by atoms with van der Waals surface area (Å²) < 4.78 is 11.5. The fourth-order valence-corrected chi connectivity index (χ4v) is 3.15. The first-order chi connectivity index (χ1) is 10.9. The van der Waals surface area contributed by atoms with Crippen molar-refractivity contribution in [2.75, 3.05) is 36.9 Å². The number of hydrogen-bond acceptors (Lipinski definition) is 5. The molecule has 0 spiro atoms. The smallest absolute Gasteiger partial charge is 0.239 e. The van der Waals surface area contributed by atoms with Crippen molar-refractivity contribution < 1.29 is 14.3 Å². The van der Waals surface area contributed by atoms with Crippen molar-refractivity contribution in [3.8, 4) is 5.75 Å². The summed E-state index contributed by atoms with van der Waals surface area (Å²) in [5.74, 6) is 0.731. The first-order valence-electron chi connectivity index (χ1n) is 8.15. The molecule has 1 saturated heterocycles. The lowest BCUT2D eigenvalue weighted by Crippen LogP contribution is -2.50. The van der Waals surface area contributed by atoms with E-state index in [-0.39, 0.29) is 17.6 Å². The van der Waals surface area contributed by atoms with Crippen molar-refractivity contribution in [1.29, 1.82) is 0 Å². The van der Waals surface area contributed by atoms with Gasteiger partial charge in [0.05, 0.1) is 24.9 Å².